The molecule has 9 heteroatoms. The Labute approximate surface area is 270 Å². The van der Waals surface area contributed by atoms with Crippen molar-refractivity contribution >= 4 is 43.1 Å². The second kappa shape index (κ2) is 11.0. The molecule has 0 atom stereocenters. The molecule has 0 saturated heterocycles. The van der Waals surface area contributed by atoms with E-state index in [-0.39, 0.29) is 68.7 Å². The van der Waals surface area contributed by atoms with Crippen LogP contribution in [0.2, 0.25) is 5.28 Å². The lowest BCUT2D eigenvalue weighted by Crippen LogP contribution is -1.98. The standard InChI is InChI=1S/C35H20ClN7S/c36-35-42-33(22-6-3-5-21(11-22)28-8-4-9-30-29-7-1-2-10-31(29)44-32(28)30)41-34(43-35)25-13-23(26-15-37-19-38-16-26)12-24(14-25)27-17-39-20-40-18-27/h1-20H/i1D,2D,4D,7D,8D,9D,10D. The minimum atomic E-state index is -0.425. The summed E-state index contributed by atoms with van der Waals surface area (Å²) in [5.41, 5.74) is 5.12. The molecule has 44 heavy (non-hydrogen) atoms. The Morgan fingerprint density at radius 2 is 1.16 bits per heavy atom. The van der Waals surface area contributed by atoms with Crippen molar-refractivity contribution in [3.63, 3.8) is 0 Å². The molecule has 4 aromatic carbocycles. The molecular weight excluding hydrogens is 586 g/mol. The van der Waals surface area contributed by atoms with Crippen molar-refractivity contribution in [3.05, 3.63) is 127 Å². The third-order valence-electron chi connectivity index (χ3n) is 6.93. The summed E-state index contributed by atoms with van der Waals surface area (Å²) in [4.78, 5) is 30.3. The number of fused-ring (bicyclic) bond motifs is 3. The minimum Gasteiger partial charge on any atom is -0.244 e. The first-order valence-electron chi connectivity index (χ1n) is 16.7. The number of benzene rings is 4. The molecule has 0 aliphatic carbocycles. The normalized spacial score (nSPS) is 13.5. The molecule has 208 valence electrons. The van der Waals surface area contributed by atoms with Crippen LogP contribution in [0, 0.1) is 0 Å². The number of hydrogen-bond acceptors (Lipinski definition) is 8. The van der Waals surface area contributed by atoms with Crippen LogP contribution in [0.15, 0.2) is 122 Å². The van der Waals surface area contributed by atoms with Gasteiger partial charge in [0.1, 0.15) is 12.7 Å². The maximum absolute atomic E-state index is 8.91. The van der Waals surface area contributed by atoms with Gasteiger partial charge in [0.2, 0.25) is 5.28 Å². The van der Waals surface area contributed by atoms with Crippen molar-refractivity contribution in [1.29, 1.82) is 0 Å². The SMILES string of the molecule is [2H]c1c([2H])c([2H])c2c(sc3c(-c4cccc(-c5nc(Cl)nc(-c6cc(-c7cncnc7)cc(-c7cncnc7)c6)n5)c4)c([2H])c([2H])c([2H])c32)c1[2H]. The van der Waals surface area contributed by atoms with Gasteiger partial charge in [-0.2, -0.15) is 9.97 Å². The first kappa shape index (κ1) is 19.7. The van der Waals surface area contributed by atoms with Crippen LogP contribution in [-0.4, -0.2) is 34.9 Å². The van der Waals surface area contributed by atoms with Gasteiger partial charge in [-0.3, -0.25) is 0 Å². The van der Waals surface area contributed by atoms with Crippen LogP contribution >= 0.6 is 22.9 Å². The molecule has 7 nitrogen and oxygen atoms in total. The fraction of sp³-hybridized carbons (Fsp3) is 0. The van der Waals surface area contributed by atoms with E-state index in [0.717, 1.165) is 33.6 Å². The van der Waals surface area contributed by atoms with E-state index in [2.05, 4.69) is 29.9 Å². The maximum Gasteiger partial charge on any atom is 0.226 e. The molecule has 4 heterocycles. The highest BCUT2D eigenvalue weighted by atomic mass is 35.5. The fourth-order valence-electron chi connectivity index (χ4n) is 4.94. The smallest absolute Gasteiger partial charge is 0.226 e. The van der Waals surface area contributed by atoms with Gasteiger partial charge in [-0.15, -0.1) is 11.3 Å². The first-order valence-corrected chi connectivity index (χ1v) is 14.4. The van der Waals surface area contributed by atoms with Crippen LogP contribution in [-0.2, 0) is 0 Å². The second-order valence-corrected chi connectivity index (χ2v) is 11.0. The van der Waals surface area contributed by atoms with E-state index in [4.69, 9.17) is 26.2 Å². The lowest BCUT2D eigenvalue weighted by molar-refractivity contribution is 1.07. The highest BCUT2D eigenvalue weighted by Crippen LogP contribution is 2.40. The largest absolute Gasteiger partial charge is 0.244 e. The molecule has 0 aliphatic heterocycles. The summed E-state index contributed by atoms with van der Waals surface area (Å²) in [5, 5.41) is 0.315. The van der Waals surface area contributed by atoms with Gasteiger partial charge in [0.25, 0.3) is 0 Å². The molecule has 0 aliphatic rings. The van der Waals surface area contributed by atoms with Gasteiger partial charge in [0, 0.05) is 67.2 Å². The zero-order chi connectivity index (χ0) is 35.6. The van der Waals surface area contributed by atoms with E-state index in [1.807, 2.05) is 18.2 Å². The number of hydrogen-bond donors (Lipinski definition) is 0. The third-order valence-corrected chi connectivity index (χ3v) is 8.22. The van der Waals surface area contributed by atoms with Crippen LogP contribution in [0.25, 0.3) is 76.3 Å². The lowest BCUT2D eigenvalue weighted by Gasteiger charge is -2.11. The van der Waals surface area contributed by atoms with E-state index in [0.29, 0.717) is 27.0 Å². The molecule has 8 aromatic rings. The zero-order valence-electron chi connectivity index (χ0n) is 29.4. The van der Waals surface area contributed by atoms with E-state index >= 15 is 0 Å². The summed E-state index contributed by atoms with van der Waals surface area (Å²) in [6.07, 6.45) is 9.70. The second-order valence-electron chi connectivity index (χ2n) is 9.65. The van der Waals surface area contributed by atoms with Gasteiger partial charge in [-0.25, -0.2) is 24.9 Å². The molecule has 0 radical (unpaired) electrons. The summed E-state index contributed by atoms with van der Waals surface area (Å²) in [6, 6.07) is 10.6. The molecular formula is C35H20ClN7S. The van der Waals surface area contributed by atoms with E-state index in [9.17, 15) is 0 Å². The van der Waals surface area contributed by atoms with Crippen LogP contribution in [0.5, 0.6) is 0 Å². The number of halogens is 1. The number of aromatic nitrogens is 7. The van der Waals surface area contributed by atoms with E-state index in [1.54, 1.807) is 49.1 Å². The Morgan fingerprint density at radius 1 is 0.568 bits per heavy atom. The van der Waals surface area contributed by atoms with Crippen molar-refractivity contribution in [2.24, 2.45) is 0 Å². The molecule has 0 spiro atoms. The molecule has 0 unspecified atom stereocenters. The zero-order valence-corrected chi connectivity index (χ0v) is 24.0. The highest BCUT2D eigenvalue weighted by molar-refractivity contribution is 7.26. The Morgan fingerprint density at radius 3 is 1.89 bits per heavy atom. The number of nitrogens with zero attached hydrogens (tertiary/aromatic N) is 7. The highest BCUT2D eigenvalue weighted by Gasteiger charge is 2.15. The van der Waals surface area contributed by atoms with Crippen molar-refractivity contribution in [3.8, 4) is 56.2 Å². The summed E-state index contributed by atoms with van der Waals surface area (Å²) < 4.78 is 60.4. The Hall–Kier alpha value is -5.44. The van der Waals surface area contributed by atoms with Gasteiger partial charge in [-0.05, 0) is 64.2 Å². The van der Waals surface area contributed by atoms with Gasteiger partial charge in [0.15, 0.2) is 11.6 Å². The molecule has 4 aromatic heterocycles. The lowest BCUT2D eigenvalue weighted by atomic mass is 9.98. The molecule has 0 saturated carbocycles. The number of thiophene rings is 1. The first-order chi connectivity index (χ1) is 24.6. The maximum atomic E-state index is 8.91. The third kappa shape index (κ3) is 4.86. The van der Waals surface area contributed by atoms with Crippen molar-refractivity contribution in [2.75, 3.05) is 0 Å². The average Bonchev–Trinajstić information content (AvgIpc) is 3.56. The summed E-state index contributed by atoms with van der Waals surface area (Å²) >= 11 is 7.59. The molecule has 0 amide bonds. The average molecular weight is 613 g/mol. The van der Waals surface area contributed by atoms with Crippen LogP contribution in [0.4, 0.5) is 0 Å². The molecule has 0 N–H and O–H groups in total. The quantitative estimate of drug-likeness (QED) is 0.192. The molecule has 0 bridgehead atoms. The summed E-state index contributed by atoms with van der Waals surface area (Å²) in [7, 11) is 0. The Bertz CT molecular complexity index is 2640. The topological polar surface area (TPSA) is 90.2 Å². The molecule has 0 fully saturated rings. The predicted octanol–water partition coefficient (Wildman–Crippen LogP) is 8.81. The van der Waals surface area contributed by atoms with Crippen LogP contribution in [0.3, 0.4) is 0 Å². The van der Waals surface area contributed by atoms with Gasteiger partial charge < -0.3 is 0 Å². The van der Waals surface area contributed by atoms with Crippen molar-refractivity contribution < 1.29 is 9.60 Å². The van der Waals surface area contributed by atoms with Crippen LogP contribution in [0.1, 0.15) is 9.60 Å². The van der Waals surface area contributed by atoms with E-state index in [1.165, 1.54) is 12.7 Å². The van der Waals surface area contributed by atoms with E-state index < -0.39 is 6.04 Å². The summed E-state index contributed by atoms with van der Waals surface area (Å²) in [5.74, 6) is 0.530. The summed E-state index contributed by atoms with van der Waals surface area (Å²) in [6.45, 7) is 0. The van der Waals surface area contributed by atoms with Crippen molar-refractivity contribution in [1.82, 2.24) is 34.9 Å². The van der Waals surface area contributed by atoms with Gasteiger partial charge in [0.05, 0.1) is 9.60 Å². The minimum absolute atomic E-state index is 0.0538. The number of rotatable bonds is 5. The predicted molar refractivity (Wildman–Crippen MR) is 176 cm³/mol. The van der Waals surface area contributed by atoms with Gasteiger partial charge >= 0.3 is 0 Å². The Kier molecular flexibility index (Phi) is 4.92. The monoisotopic (exact) mass is 612 g/mol. The Balaban J connectivity index is 1.30. The fourth-order valence-corrected chi connectivity index (χ4v) is 6.19. The van der Waals surface area contributed by atoms with Crippen molar-refractivity contribution in [2.45, 2.75) is 0 Å². The van der Waals surface area contributed by atoms with Crippen LogP contribution < -0.4 is 0 Å². The van der Waals surface area contributed by atoms with Gasteiger partial charge in [-0.1, -0.05) is 54.5 Å². The molecule has 8 rings (SSSR count).